The third-order valence-electron chi connectivity index (χ3n) is 8.04. The molecule has 1 N–H and O–H groups in total. The van der Waals surface area contributed by atoms with Crippen LogP contribution in [0.4, 0.5) is 5.82 Å². The third kappa shape index (κ3) is 4.27. The molecule has 3 aliphatic rings. The lowest BCUT2D eigenvalue weighted by Crippen LogP contribution is -2.43. The molecule has 3 aromatic rings. The molecule has 1 aromatic carbocycles. The van der Waals surface area contributed by atoms with Gasteiger partial charge >= 0.3 is 0 Å². The average Bonchev–Trinajstić information content (AvgIpc) is 3.32. The Kier molecular flexibility index (Phi) is 5.76. The molecule has 188 valence electrons. The van der Waals surface area contributed by atoms with E-state index >= 15 is 0 Å². The first-order chi connectivity index (χ1) is 17.8. The van der Waals surface area contributed by atoms with Gasteiger partial charge in [0.15, 0.2) is 0 Å². The van der Waals surface area contributed by atoms with E-state index in [0.717, 1.165) is 48.3 Å². The van der Waals surface area contributed by atoms with E-state index in [1.165, 1.54) is 0 Å². The summed E-state index contributed by atoms with van der Waals surface area (Å²) in [5.41, 5.74) is 4.01. The van der Waals surface area contributed by atoms with Gasteiger partial charge in [0, 0.05) is 35.9 Å². The van der Waals surface area contributed by atoms with Crippen LogP contribution < -0.4 is 10.2 Å². The van der Waals surface area contributed by atoms with E-state index in [0.29, 0.717) is 22.1 Å². The number of anilines is 1. The molecular weight excluding hydrogens is 488 g/mol. The van der Waals surface area contributed by atoms with Gasteiger partial charge in [-0.1, -0.05) is 11.6 Å². The Balaban J connectivity index is 1.08. The topological polar surface area (TPSA) is 104 Å². The average molecular weight is 515 g/mol. The highest BCUT2D eigenvalue weighted by molar-refractivity contribution is 6.30. The number of hydrogen-bond acceptors (Lipinski definition) is 5. The van der Waals surface area contributed by atoms with Crippen LogP contribution in [0.2, 0.25) is 5.02 Å². The van der Waals surface area contributed by atoms with Gasteiger partial charge in [-0.25, -0.2) is 4.98 Å². The number of carbonyl (C=O) groups excluding carboxylic acids is 2. The van der Waals surface area contributed by atoms with E-state index in [2.05, 4.69) is 21.5 Å². The lowest BCUT2D eigenvalue weighted by molar-refractivity contribution is -0.118. The number of halogens is 1. The fraction of sp³-hybridized carbons (Fsp3) is 0.393. The number of nitrogens with zero attached hydrogens (tertiary/aromatic N) is 5. The lowest BCUT2D eigenvalue weighted by Gasteiger charge is -2.36. The van der Waals surface area contributed by atoms with Gasteiger partial charge in [-0.05, 0) is 85.9 Å². The van der Waals surface area contributed by atoms with Crippen molar-refractivity contribution in [3.05, 3.63) is 75.7 Å². The molecule has 0 spiro atoms. The number of fused-ring (bicyclic) bond motifs is 1. The fourth-order valence-corrected chi connectivity index (χ4v) is 5.80. The summed E-state index contributed by atoms with van der Waals surface area (Å²) in [6, 6.07) is 9.52. The van der Waals surface area contributed by atoms with E-state index in [1.807, 2.05) is 30.9 Å². The number of nitriles is 1. The van der Waals surface area contributed by atoms with Crippen LogP contribution in [0.25, 0.3) is 0 Å². The summed E-state index contributed by atoms with van der Waals surface area (Å²) in [5.74, 6) is 1.68. The molecule has 0 unspecified atom stereocenters. The van der Waals surface area contributed by atoms with Gasteiger partial charge in [-0.3, -0.25) is 19.2 Å². The van der Waals surface area contributed by atoms with Crippen molar-refractivity contribution in [3.8, 4) is 6.07 Å². The second-order valence-electron chi connectivity index (χ2n) is 10.5. The molecule has 1 saturated heterocycles. The van der Waals surface area contributed by atoms with E-state index < -0.39 is 0 Å². The van der Waals surface area contributed by atoms with Crippen molar-refractivity contribution in [1.82, 2.24) is 20.1 Å². The van der Waals surface area contributed by atoms with Gasteiger partial charge in [0.1, 0.15) is 5.82 Å². The summed E-state index contributed by atoms with van der Waals surface area (Å²) >= 11 is 6.12. The van der Waals surface area contributed by atoms with Crippen LogP contribution in [-0.2, 0) is 4.79 Å². The van der Waals surface area contributed by atoms with E-state index in [-0.39, 0.29) is 35.7 Å². The zero-order valence-corrected chi connectivity index (χ0v) is 21.4. The van der Waals surface area contributed by atoms with Crippen molar-refractivity contribution >= 4 is 29.2 Å². The number of hydrogen-bond donors (Lipinski definition) is 1. The number of aromatic nitrogens is 3. The number of nitrogens with one attached hydrogen (secondary N) is 1. The number of piperidine rings is 1. The van der Waals surface area contributed by atoms with Crippen LogP contribution in [0.5, 0.6) is 0 Å². The molecule has 2 saturated carbocycles. The molecule has 37 heavy (non-hydrogen) atoms. The first-order valence-corrected chi connectivity index (χ1v) is 13.0. The maximum absolute atomic E-state index is 12.9. The molecule has 2 aliphatic carbocycles. The summed E-state index contributed by atoms with van der Waals surface area (Å²) in [7, 11) is 0. The Hall–Kier alpha value is -3.70. The number of benzene rings is 1. The molecule has 9 heteroatoms. The van der Waals surface area contributed by atoms with Gasteiger partial charge in [0.2, 0.25) is 5.91 Å². The Morgan fingerprint density at radius 1 is 1.24 bits per heavy atom. The fourth-order valence-electron chi connectivity index (χ4n) is 5.62. The SMILES string of the molecule is Cc1cc([C@H](C)n2cc(C(=O)NC3CC(c4cc(Cl)ccc4C#N)C3)cn2)cnc1N1C[C@H]2C[C@H]2C1=O. The predicted octanol–water partition coefficient (Wildman–Crippen LogP) is 4.38. The molecule has 0 radical (unpaired) electrons. The number of amides is 2. The number of carbonyl (C=O) groups is 2. The van der Waals surface area contributed by atoms with Crippen molar-refractivity contribution in [3.63, 3.8) is 0 Å². The van der Waals surface area contributed by atoms with Crippen LogP contribution in [0, 0.1) is 30.1 Å². The number of aryl methyl sites for hydroxylation is 1. The maximum Gasteiger partial charge on any atom is 0.254 e. The monoisotopic (exact) mass is 514 g/mol. The second kappa shape index (κ2) is 9.00. The normalized spacial score (nSPS) is 24.7. The molecule has 2 aromatic heterocycles. The highest BCUT2D eigenvalue weighted by atomic mass is 35.5. The minimum absolute atomic E-state index is 0.0440. The molecule has 0 bridgehead atoms. The van der Waals surface area contributed by atoms with Gasteiger partial charge in [-0.15, -0.1) is 0 Å². The molecule has 6 rings (SSSR count). The Morgan fingerprint density at radius 3 is 2.76 bits per heavy atom. The molecule has 3 fully saturated rings. The zero-order chi connectivity index (χ0) is 25.8. The highest BCUT2D eigenvalue weighted by Gasteiger charge is 2.53. The summed E-state index contributed by atoms with van der Waals surface area (Å²) in [6.07, 6.45) is 7.68. The van der Waals surface area contributed by atoms with Gasteiger partial charge in [-0.2, -0.15) is 10.4 Å². The number of rotatable bonds is 6. The summed E-state index contributed by atoms with van der Waals surface area (Å²) in [6.45, 7) is 4.76. The molecule has 2 amide bonds. The summed E-state index contributed by atoms with van der Waals surface area (Å²) < 4.78 is 1.76. The zero-order valence-electron chi connectivity index (χ0n) is 20.7. The molecule has 8 nitrogen and oxygen atoms in total. The van der Waals surface area contributed by atoms with Crippen LogP contribution in [0.1, 0.15) is 70.8 Å². The van der Waals surface area contributed by atoms with Crippen molar-refractivity contribution < 1.29 is 9.59 Å². The minimum Gasteiger partial charge on any atom is -0.349 e. The molecule has 3 atom stereocenters. The summed E-state index contributed by atoms with van der Waals surface area (Å²) in [5, 5.41) is 17.5. The lowest BCUT2D eigenvalue weighted by atomic mass is 9.74. The van der Waals surface area contributed by atoms with Crippen LogP contribution >= 0.6 is 11.6 Å². The Labute approximate surface area is 220 Å². The quantitative estimate of drug-likeness (QED) is 0.525. The van der Waals surface area contributed by atoms with Gasteiger partial charge in [0.25, 0.3) is 5.91 Å². The second-order valence-corrected chi connectivity index (χ2v) is 11.0. The molecule has 3 heterocycles. The van der Waals surface area contributed by atoms with Crippen molar-refractivity contribution in [2.75, 3.05) is 11.4 Å². The van der Waals surface area contributed by atoms with Crippen molar-refractivity contribution in [2.45, 2.75) is 51.1 Å². The number of pyridine rings is 1. The molecular formula is C28H27ClN6O2. The Bertz CT molecular complexity index is 1450. The Morgan fingerprint density at radius 2 is 2.05 bits per heavy atom. The largest absolute Gasteiger partial charge is 0.349 e. The smallest absolute Gasteiger partial charge is 0.254 e. The maximum atomic E-state index is 12.9. The third-order valence-corrected chi connectivity index (χ3v) is 8.28. The van der Waals surface area contributed by atoms with Crippen molar-refractivity contribution in [2.24, 2.45) is 11.8 Å². The van der Waals surface area contributed by atoms with Crippen LogP contribution in [0.3, 0.4) is 0 Å². The minimum atomic E-state index is -0.163. The van der Waals surface area contributed by atoms with E-state index in [9.17, 15) is 14.9 Å². The molecule has 1 aliphatic heterocycles. The first kappa shape index (κ1) is 23.7. The first-order valence-electron chi connectivity index (χ1n) is 12.6. The standard InChI is InChI=1S/C28H27ClN6O2/c1-15-5-19(11-31-26(15)34-13-20-8-25(20)28(34)37)16(2)35-14-21(12-32-35)27(36)33-23-6-18(7-23)24-9-22(29)4-3-17(24)10-30/h3-5,9,11-12,14,16,18,20,23,25H,6-8,13H2,1-2H3,(H,33,36)/t16-,18?,20+,23?,25+/m0/s1. The van der Waals surface area contributed by atoms with Crippen LogP contribution in [-0.4, -0.2) is 39.2 Å². The summed E-state index contributed by atoms with van der Waals surface area (Å²) in [4.78, 5) is 31.8. The van der Waals surface area contributed by atoms with Crippen molar-refractivity contribution in [1.29, 1.82) is 5.26 Å². The predicted molar refractivity (Wildman–Crippen MR) is 138 cm³/mol. The van der Waals surface area contributed by atoms with E-state index in [4.69, 9.17) is 11.6 Å². The van der Waals surface area contributed by atoms with Gasteiger partial charge < -0.3 is 5.32 Å². The van der Waals surface area contributed by atoms with Crippen LogP contribution in [0.15, 0.2) is 42.9 Å². The van der Waals surface area contributed by atoms with Gasteiger partial charge in [0.05, 0.1) is 29.4 Å². The highest BCUT2D eigenvalue weighted by Crippen LogP contribution is 2.47. The van der Waals surface area contributed by atoms with E-state index in [1.54, 1.807) is 35.4 Å².